The Labute approximate surface area is 245 Å². The van der Waals surface area contributed by atoms with Gasteiger partial charge in [0.15, 0.2) is 0 Å². The number of rotatable bonds is 13. The molecule has 4 rings (SSSR count). The first-order valence-electron chi connectivity index (χ1n) is 16.0. The summed E-state index contributed by atoms with van der Waals surface area (Å²) < 4.78 is 0. The van der Waals surface area contributed by atoms with Crippen molar-refractivity contribution in [2.75, 3.05) is 39.3 Å². The summed E-state index contributed by atoms with van der Waals surface area (Å²) in [5, 5.41) is 0. The predicted molar refractivity (Wildman–Crippen MR) is 175 cm³/mol. The molecule has 2 aromatic carbocycles. The standard InChI is InChI=1S/C38H54N2/c1-7-21-38(9-3,22-8-2)34-19-17-32(6)37(29-34)36(35-14-11-10-13-31(35)5)15-12-23-39-25-27-40(28-26-39)24-20-33-18-16-30(33)4/h7-8,10-11,13-15,17,19,22,29-30,33H,1,9,12,16,18,20-21,23-28H2,2-6H3. The van der Waals surface area contributed by atoms with Crippen molar-refractivity contribution >= 4 is 5.57 Å². The van der Waals surface area contributed by atoms with Crippen molar-refractivity contribution < 1.29 is 0 Å². The van der Waals surface area contributed by atoms with Crippen molar-refractivity contribution in [3.05, 3.63) is 101 Å². The van der Waals surface area contributed by atoms with E-state index in [1.807, 2.05) is 0 Å². The normalized spacial score (nSPS) is 22.3. The molecule has 2 heteroatoms. The molecular weight excluding hydrogens is 484 g/mol. The number of hydrogen-bond donors (Lipinski definition) is 0. The number of allylic oxidation sites excluding steroid dienone is 3. The van der Waals surface area contributed by atoms with Crippen LogP contribution in [0.5, 0.6) is 0 Å². The van der Waals surface area contributed by atoms with E-state index in [2.05, 4.69) is 118 Å². The zero-order valence-electron chi connectivity index (χ0n) is 26.1. The molecule has 3 unspecified atom stereocenters. The molecule has 1 saturated heterocycles. The zero-order valence-corrected chi connectivity index (χ0v) is 26.1. The van der Waals surface area contributed by atoms with Crippen molar-refractivity contribution in [1.82, 2.24) is 9.80 Å². The third-order valence-electron chi connectivity index (χ3n) is 10.0. The summed E-state index contributed by atoms with van der Waals surface area (Å²) in [6.07, 6.45) is 16.6. The Bertz CT molecular complexity index is 1170. The molecule has 2 aliphatic rings. The maximum Gasteiger partial charge on any atom is 0.0164 e. The van der Waals surface area contributed by atoms with Crippen LogP contribution in [0.1, 0.15) is 87.1 Å². The maximum absolute atomic E-state index is 4.10. The van der Waals surface area contributed by atoms with Gasteiger partial charge in [0.05, 0.1) is 0 Å². The second kappa shape index (κ2) is 14.5. The largest absolute Gasteiger partial charge is 0.301 e. The smallest absolute Gasteiger partial charge is 0.0164 e. The number of piperazine rings is 1. The fourth-order valence-corrected chi connectivity index (χ4v) is 6.93. The molecule has 1 saturated carbocycles. The molecule has 1 heterocycles. The summed E-state index contributed by atoms with van der Waals surface area (Å²) in [5.41, 5.74) is 8.18. The van der Waals surface area contributed by atoms with Crippen LogP contribution in [0.3, 0.4) is 0 Å². The van der Waals surface area contributed by atoms with E-state index < -0.39 is 0 Å². The molecule has 216 valence electrons. The lowest BCUT2D eigenvalue weighted by molar-refractivity contribution is 0.106. The molecule has 0 bridgehead atoms. The number of nitrogens with zero attached hydrogens (tertiary/aromatic N) is 2. The van der Waals surface area contributed by atoms with Crippen LogP contribution in [-0.4, -0.2) is 49.1 Å². The molecule has 1 aliphatic carbocycles. The fourth-order valence-electron chi connectivity index (χ4n) is 6.93. The van der Waals surface area contributed by atoms with Gasteiger partial charge < -0.3 is 9.80 Å². The van der Waals surface area contributed by atoms with Crippen LogP contribution in [0.2, 0.25) is 0 Å². The average molecular weight is 539 g/mol. The highest BCUT2D eigenvalue weighted by atomic mass is 15.3. The minimum absolute atomic E-state index is 0.00779. The van der Waals surface area contributed by atoms with Gasteiger partial charge in [-0.2, -0.15) is 0 Å². The highest BCUT2D eigenvalue weighted by molar-refractivity contribution is 5.83. The Hall–Kier alpha value is -2.42. The second-order valence-electron chi connectivity index (χ2n) is 12.5. The fraction of sp³-hybridized carbons (Fsp3) is 0.526. The summed E-state index contributed by atoms with van der Waals surface area (Å²) in [6.45, 7) is 22.8. The Kier molecular flexibility index (Phi) is 11.0. The maximum atomic E-state index is 4.10. The van der Waals surface area contributed by atoms with Crippen LogP contribution in [0.4, 0.5) is 0 Å². The first-order chi connectivity index (χ1) is 19.4. The Morgan fingerprint density at radius 3 is 2.25 bits per heavy atom. The molecule has 40 heavy (non-hydrogen) atoms. The summed E-state index contributed by atoms with van der Waals surface area (Å²) in [7, 11) is 0. The molecule has 0 N–H and O–H groups in total. The van der Waals surface area contributed by atoms with Crippen LogP contribution >= 0.6 is 0 Å². The first-order valence-corrected chi connectivity index (χ1v) is 16.0. The molecule has 2 nitrogen and oxygen atoms in total. The Balaban J connectivity index is 1.51. The third-order valence-corrected chi connectivity index (χ3v) is 10.0. The molecule has 2 aromatic rings. The van der Waals surface area contributed by atoms with E-state index in [4.69, 9.17) is 0 Å². The van der Waals surface area contributed by atoms with Gasteiger partial charge in [0, 0.05) is 38.1 Å². The van der Waals surface area contributed by atoms with Gasteiger partial charge in [-0.25, -0.2) is 0 Å². The molecular formula is C38H54N2. The van der Waals surface area contributed by atoms with Crippen molar-refractivity contribution in [3.63, 3.8) is 0 Å². The van der Waals surface area contributed by atoms with E-state index >= 15 is 0 Å². The van der Waals surface area contributed by atoms with Crippen LogP contribution in [0, 0.1) is 25.7 Å². The molecule has 3 atom stereocenters. The minimum Gasteiger partial charge on any atom is -0.301 e. The molecule has 0 amide bonds. The van der Waals surface area contributed by atoms with Gasteiger partial charge in [0.2, 0.25) is 0 Å². The van der Waals surface area contributed by atoms with Crippen LogP contribution in [0.15, 0.2) is 73.3 Å². The van der Waals surface area contributed by atoms with E-state index in [0.717, 1.165) is 37.6 Å². The van der Waals surface area contributed by atoms with Crippen LogP contribution < -0.4 is 0 Å². The second-order valence-corrected chi connectivity index (χ2v) is 12.5. The van der Waals surface area contributed by atoms with Gasteiger partial charge in [0.25, 0.3) is 0 Å². The van der Waals surface area contributed by atoms with E-state index in [9.17, 15) is 0 Å². The summed E-state index contributed by atoms with van der Waals surface area (Å²) in [4.78, 5) is 5.38. The van der Waals surface area contributed by atoms with E-state index in [1.54, 1.807) is 0 Å². The molecule has 1 aliphatic heterocycles. The quantitative estimate of drug-likeness (QED) is 0.235. The van der Waals surface area contributed by atoms with E-state index in [0.29, 0.717) is 0 Å². The van der Waals surface area contributed by atoms with Gasteiger partial charge in [-0.3, -0.25) is 0 Å². The van der Waals surface area contributed by atoms with E-state index in [1.165, 1.54) is 85.4 Å². The van der Waals surface area contributed by atoms with Crippen molar-refractivity contribution in [1.29, 1.82) is 0 Å². The summed E-state index contributed by atoms with van der Waals surface area (Å²) >= 11 is 0. The minimum atomic E-state index is -0.00779. The van der Waals surface area contributed by atoms with Crippen LogP contribution in [0.25, 0.3) is 5.57 Å². The zero-order chi connectivity index (χ0) is 28.5. The first kappa shape index (κ1) is 30.5. The van der Waals surface area contributed by atoms with Gasteiger partial charge in [0.1, 0.15) is 0 Å². The predicted octanol–water partition coefficient (Wildman–Crippen LogP) is 8.98. The highest BCUT2D eigenvalue weighted by Crippen LogP contribution is 2.38. The van der Waals surface area contributed by atoms with E-state index in [-0.39, 0.29) is 5.41 Å². The SMILES string of the molecule is C=CCC(C=CC)(CC)c1ccc(C)c(C(=CCCN2CCN(CCC3CCC3C)CC2)c2ccccc2C)c1. The number of benzene rings is 2. The highest BCUT2D eigenvalue weighted by Gasteiger charge is 2.28. The summed E-state index contributed by atoms with van der Waals surface area (Å²) in [5.74, 6) is 1.95. The Morgan fingerprint density at radius 1 is 0.950 bits per heavy atom. The number of hydrogen-bond acceptors (Lipinski definition) is 2. The lowest BCUT2D eigenvalue weighted by atomic mass is 9.73. The molecule has 0 spiro atoms. The Morgan fingerprint density at radius 2 is 1.65 bits per heavy atom. The van der Waals surface area contributed by atoms with Gasteiger partial charge in [-0.15, -0.1) is 6.58 Å². The molecule has 2 fully saturated rings. The van der Waals surface area contributed by atoms with Gasteiger partial charge >= 0.3 is 0 Å². The van der Waals surface area contributed by atoms with Crippen molar-refractivity contribution in [3.8, 4) is 0 Å². The van der Waals surface area contributed by atoms with Crippen LogP contribution in [-0.2, 0) is 5.41 Å². The van der Waals surface area contributed by atoms with Crippen molar-refractivity contribution in [2.45, 2.75) is 78.6 Å². The number of aryl methyl sites for hydroxylation is 2. The summed E-state index contributed by atoms with van der Waals surface area (Å²) in [6, 6.07) is 16.0. The van der Waals surface area contributed by atoms with Crippen molar-refractivity contribution in [2.24, 2.45) is 11.8 Å². The third kappa shape index (κ3) is 7.25. The molecule has 0 radical (unpaired) electrons. The molecule has 0 aromatic heterocycles. The monoisotopic (exact) mass is 538 g/mol. The lowest BCUT2D eigenvalue weighted by Gasteiger charge is -2.38. The van der Waals surface area contributed by atoms with Gasteiger partial charge in [-0.05, 0) is 111 Å². The van der Waals surface area contributed by atoms with Gasteiger partial charge in [-0.1, -0.05) is 81.0 Å². The topological polar surface area (TPSA) is 6.48 Å². The average Bonchev–Trinajstić information content (AvgIpc) is 2.96. The lowest BCUT2D eigenvalue weighted by Crippen LogP contribution is -2.47.